The fourth-order valence-electron chi connectivity index (χ4n) is 1.61. The number of alkyl halides is 1. The molecule has 3 nitrogen and oxygen atoms in total. The topological polar surface area (TPSA) is 28.0 Å². The van der Waals surface area contributed by atoms with Crippen molar-refractivity contribution in [2.45, 2.75) is 11.4 Å². The fourth-order valence-corrected chi connectivity index (χ4v) is 1.75. The zero-order valence-corrected chi connectivity index (χ0v) is 11.3. The number of halogens is 1. The Labute approximate surface area is 112 Å². The van der Waals surface area contributed by atoms with Gasteiger partial charge in [0.15, 0.2) is 0 Å². The molecule has 94 valence electrons. The number of nitrogens with zero attached hydrogens (tertiary/aromatic N) is 3. The van der Waals surface area contributed by atoms with Crippen molar-refractivity contribution in [1.82, 2.24) is 4.90 Å². The van der Waals surface area contributed by atoms with Crippen molar-refractivity contribution in [2.75, 3.05) is 14.1 Å². The summed E-state index contributed by atoms with van der Waals surface area (Å²) in [4.78, 5) is 1.54. The molecule has 0 fully saturated rings. The highest BCUT2D eigenvalue weighted by Gasteiger charge is 2.27. The molecule has 1 aromatic rings. The first-order chi connectivity index (χ1) is 8.60. The maximum atomic E-state index is 6.41. The molecule has 0 heterocycles. The normalized spacial score (nSPS) is 23.7. The molecule has 0 saturated carbocycles. The van der Waals surface area contributed by atoms with Crippen LogP contribution in [0, 0.1) is 0 Å². The second-order valence-electron chi connectivity index (χ2n) is 4.42. The van der Waals surface area contributed by atoms with E-state index in [4.69, 9.17) is 11.6 Å². The largest absolute Gasteiger partial charge is 0.288 e. The van der Waals surface area contributed by atoms with Gasteiger partial charge in [-0.2, -0.15) is 10.2 Å². The second kappa shape index (κ2) is 5.46. The summed E-state index contributed by atoms with van der Waals surface area (Å²) in [5, 5.41) is 8.37. The van der Waals surface area contributed by atoms with Crippen LogP contribution in [0.1, 0.15) is 6.42 Å². The number of likely N-dealkylation sites (N-methyl/N-ethyl adjacent to an activating group) is 1. The maximum absolute atomic E-state index is 6.41. The molecule has 0 amide bonds. The number of rotatable bonds is 3. The molecular weight excluding hydrogens is 246 g/mol. The van der Waals surface area contributed by atoms with Gasteiger partial charge >= 0.3 is 0 Å². The minimum atomic E-state index is -0.439. The van der Waals surface area contributed by atoms with Crippen LogP contribution >= 0.6 is 11.6 Å². The van der Waals surface area contributed by atoms with E-state index in [-0.39, 0.29) is 0 Å². The zero-order valence-electron chi connectivity index (χ0n) is 10.5. The van der Waals surface area contributed by atoms with E-state index in [9.17, 15) is 0 Å². The van der Waals surface area contributed by atoms with Gasteiger partial charge in [-0.3, -0.25) is 4.90 Å². The quantitative estimate of drug-likeness (QED) is 0.457. The van der Waals surface area contributed by atoms with Gasteiger partial charge in [0.05, 0.1) is 11.4 Å². The lowest BCUT2D eigenvalue weighted by atomic mass is 10.1. The minimum Gasteiger partial charge on any atom is -0.288 e. The molecule has 0 radical (unpaired) electrons. The summed E-state index contributed by atoms with van der Waals surface area (Å²) >= 11 is 6.41. The summed E-state index contributed by atoms with van der Waals surface area (Å²) < 4.78 is 0. The molecule has 1 aliphatic carbocycles. The SMILES string of the molecule is CN(C)[C@@]1(Cl)C=CC(N=Nc2ccccc2)=CC1. The Bertz CT molecular complexity index is 491. The van der Waals surface area contributed by atoms with Gasteiger partial charge in [0.25, 0.3) is 0 Å². The highest BCUT2D eigenvalue weighted by Crippen LogP contribution is 2.30. The molecule has 1 atom stereocenters. The first-order valence-corrected chi connectivity index (χ1v) is 6.20. The summed E-state index contributed by atoms with van der Waals surface area (Å²) in [5.74, 6) is 0. The van der Waals surface area contributed by atoms with Gasteiger partial charge in [0, 0.05) is 6.42 Å². The number of hydrogen-bond donors (Lipinski definition) is 0. The Hall–Kier alpha value is -1.45. The third kappa shape index (κ3) is 3.06. The number of benzene rings is 1. The highest BCUT2D eigenvalue weighted by atomic mass is 35.5. The minimum absolute atomic E-state index is 0.439. The molecule has 0 aromatic heterocycles. The Balaban J connectivity index is 2.04. The van der Waals surface area contributed by atoms with Crippen LogP contribution in [0.15, 0.2) is 64.5 Å². The van der Waals surface area contributed by atoms with Crippen molar-refractivity contribution >= 4 is 17.3 Å². The monoisotopic (exact) mass is 261 g/mol. The fraction of sp³-hybridized carbons (Fsp3) is 0.286. The van der Waals surface area contributed by atoms with Crippen molar-refractivity contribution in [1.29, 1.82) is 0 Å². The van der Waals surface area contributed by atoms with Crippen molar-refractivity contribution in [2.24, 2.45) is 10.2 Å². The van der Waals surface area contributed by atoms with Crippen molar-refractivity contribution in [3.63, 3.8) is 0 Å². The van der Waals surface area contributed by atoms with E-state index in [1.54, 1.807) is 0 Å². The number of azo groups is 1. The van der Waals surface area contributed by atoms with Crippen molar-refractivity contribution in [3.8, 4) is 0 Å². The van der Waals surface area contributed by atoms with Gasteiger partial charge in [-0.25, -0.2) is 0 Å². The van der Waals surface area contributed by atoms with Crippen LogP contribution < -0.4 is 0 Å². The molecule has 1 aliphatic rings. The Morgan fingerprint density at radius 2 is 1.89 bits per heavy atom. The molecule has 1 aromatic carbocycles. The van der Waals surface area contributed by atoms with E-state index >= 15 is 0 Å². The average molecular weight is 262 g/mol. The van der Waals surface area contributed by atoms with E-state index in [0.29, 0.717) is 0 Å². The summed E-state index contributed by atoms with van der Waals surface area (Å²) in [7, 11) is 3.92. The molecule has 18 heavy (non-hydrogen) atoms. The molecule has 0 saturated heterocycles. The standard InChI is InChI=1S/C14H16ClN3/c1-18(2)14(15)10-8-13(9-11-14)17-16-12-6-4-3-5-7-12/h3-10H,11H2,1-2H3/t14-/m0/s1. The summed E-state index contributed by atoms with van der Waals surface area (Å²) in [6.07, 6.45) is 6.58. The highest BCUT2D eigenvalue weighted by molar-refractivity contribution is 6.25. The molecule has 2 rings (SSSR count). The van der Waals surface area contributed by atoms with Crippen LogP contribution in [0.3, 0.4) is 0 Å². The van der Waals surface area contributed by atoms with Crippen LogP contribution in [0.4, 0.5) is 5.69 Å². The predicted molar refractivity (Wildman–Crippen MR) is 75.1 cm³/mol. The van der Waals surface area contributed by atoms with Crippen LogP contribution in [-0.2, 0) is 0 Å². The van der Waals surface area contributed by atoms with Crippen molar-refractivity contribution < 1.29 is 0 Å². The number of allylic oxidation sites excluding steroid dienone is 1. The summed E-state index contributed by atoms with van der Waals surface area (Å²) in [6, 6.07) is 9.67. The molecule has 0 unspecified atom stereocenters. The van der Waals surface area contributed by atoms with Crippen molar-refractivity contribution in [3.05, 3.63) is 54.3 Å². The zero-order chi connectivity index (χ0) is 13.0. The lowest BCUT2D eigenvalue weighted by Crippen LogP contribution is -2.37. The van der Waals surface area contributed by atoms with Gasteiger partial charge in [0.1, 0.15) is 5.00 Å². The maximum Gasteiger partial charge on any atom is 0.118 e. The lowest BCUT2D eigenvalue weighted by molar-refractivity contribution is 0.300. The predicted octanol–water partition coefficient (Wildman–Crippen LogP) is 4.11. The van der Waals surface area contributed by atoms with E-state index in [1.165, 1.54) is 0 Å². The van der Waals surface area contributed by atoms with Gasteiger partial charge < -0.3 is 0 Å². The second-order valence-corrected chi connectivity index (χ2v) is 5.07. The van der Waals surface area contributed by atoms with Crippen LogP contribution in [0.25, 0.3) is 0 Å². The van der Waals surface area contributed by atoms with Gasteiger partial charge in [0.2, 0.25) is 0 Å². The number of hydrogen-bond acceptors (Lipinski definition) is 3. The third-order valence-electron chi connectivity index (χ3n) is 2.89. The third-order valence-corrected chi connectivity index (χ3v) is 3.51. The Morgan fingerprint density at radius 3 is 2.44 bits per heavy atom. The molecular formula is C14H16ClN3. The van der Waals surface area contributed by atoms with E-state index < -0.39 is 5.00 Å². The Morgan fingerprint density at radius 1 is 1.17 bits per heavy atom. The summed E-state index contributed by atoms with van der Waals surface area (Å²) in [5.41, 5.74) is 1.69. The smallest absolute Gasteiger partial charge is 0.118 e. The van der Waals surface area contributed by atoms with Gasteiger partial charge in [-0.05, 0) is 38.4 Å². The molecule has 0 N–H and O–H groups in total. The van der Waals surface area contributed by atoms with Gasteiger partial charge in [-0.15, -0.1) is 0 Å². The average Bonchev–Trinajstić information content (AvgIpc) is 2.39. The first-order valence-electron chi connectivity index (χ1n) is 5.83. The summed E-state index contributed by atoms with van der Waals surface area (Å²) in [6.45, 7) is 0. The van der Waals surface area contributed by atoms with E-state index in [0.717, 1.165) is 17.8 Å². The van der Waals surface area contributed by atoms with Crippen LogP contribution in [0.5, 0.6) is 0 Å². The van der Waals surface area contributed by atoms with Gasteiger partial charge in [-0.1, -0.05) is 35.9 Å². The molecule has 4 heteroatoms. The molecule has 0 aliphatic heterocycles. The Kier molecular flexibility index (Phi) is 3.94. The lowest BCUT2D eigenvalue weighted by Gasteiger charge is -2.31. The van der Waals surface area contributed by atoms with E-state index in [1.807, 2.05) is 67.6 Å². The molecule has 0 spiro atoms. The first kappa shape index (κ1) is 13.0. The van der Waals surface area contributed by atoms with E-state index in [2.05, 4.69) is 10.2 Å². The molecule has 0 bridgehead atoms. The van der Waals surface area contributed by atoms with Crippen LogP contribution in [-0.4, -0.2) is 24.0 Å². The van der Waals surface area contributed by atoms with Crippen LogP contribution in [0.2, 0.25) is 0 Å².